The van der Waals surface area contributed by atoms with Crippen molar-refractivity contribution >= 4 is 0 Å². The molecular weight excluding hydrogens is 134 g/mol. The SMILES string of the molecule is C1=CC2CC3CCCN2C3C1. The standard InChI is InChI=1S/C10H15N/c1-4-9-7-8-3-2-6-11(9)10(8)5-1/h1,4,8-10H,2-3,5-7H2. The zero-order valence-electron chi connectivity index (χ0n) is 6.87. The van der Waals surface area contributed by atoms with Crippen LogP contribution in [0.3, 0.4) is 0 Å². The lowest BCUT2D eigenvalue weighted by Gasteiger charge is -2.36. The summed E-state index contributed by atoms with van der Waals surface area (Å²) in [7, 11) is 0. The number of nitrogens with zero attached hydrogens (tertiary/aromatic N) is 1. The summed E-state index contributed by atoms with van der Waals surface area (Å²) in [5, 5.41) is 0. The van der Waals surface area contributed by atoms with Crippen LogP contribution in [0.1, 0.15) is 25.7 Å². The van der Waals surface area contributed by atoms with Crippen molar-refractivity contribution in [3.63, 3.8) is 0 Å². The topological polar surface area (TPSA) is 3.24 Å². The molecule has 60 valence electrons. The van der Waals surface area contributed by atoms with Crippen LogP contribution in [0.5, 0.6) is 0 Å². The van der Waals surface area contributed by atoms with Gasteiger partial charge in [-0.15, -0.1) is 0 Å². The molecule has 0 radical (unpaired) electrons. The van der Waals surface area contributed by atoms with Crippen LogP contribution in [-0.2, 0) is 0 Å². The van der Waals surface area contributed by atoms with Crippen LogP contribution in [0, 0.1) is 5.92 Å². The van der Waals surface area contributed by atoms with E-state index < -0.39 is 0 Å². The van der Waals surface area contributed by atoms with Gasteiger partial charge in [0.05, 0.1) is 0 Å². The van der Waals surface area contributed by atoms with Crippen LogP contribution in [-0.4, -0.2) is 23.5 Å². The first kappa shape index (κ1) is 6.24. The van der Waals surface area contributed by atoms with Crippen LogP contribution < -0.4 is 0 Å². The number of piperidine rings is 1. The van der Waals surface area contributed by atoms with Crippen LogP contribution >= 0.6 is 0 Å². The largest absolute Gasteiger partial charge is 0.293 e. The molecule has 0 aromatic carbocycles. The second-order valence-electron chi connectivity index (χ2n) is 4.17. The molecule has 0 saturated carbocycles. The van der Waals surface area contributed by atoms with Crippen molar-refractivity contribution in [3.8, 4) is 0 Å². The molecule has 0 spiro atoms. The second-order valence-corrected chi connectivity index (χ2v) is 4.17. The Kier molecular flexibility index (Phi) is 1.19. The fourth-order valence-corrected chi connectivity index (χ4v) is 3.19. The third kappa shape index (κ3) is 0.750. The van der Waals surface area contributed by atoms with Gasteiger partial charge in [-0.2, -0.15) is 0 Å². The minimum absolute atomic E-state index is 0.834. The van der Waals surface area contributed by atoms with Crippen LogP contribution in [0.25, 0.3) is 0 Å². The molecule has 3 aliphatic rings. The van der Waals surface area contributed by atoms with Gasteiger partial charge >= 0.3 is 0 Å². The maximum Gasteiger partial charge on any atom is 0.0284 e. The molecule has 4 bridgehead atoms. The molecule has 3 rings (SSSR count). The quantitative estimate of drug-likeness (QED) is 0.475. The molecule has 1 nitrogen and oxygen atoms in total. The van der Waals surface area contributed by atoms with Crippen LogP contribution in [0.15, 0.2) is 12.2 Å². The molecule has 0 aliphatic carbocycles. The zero-order valence-corrected chi connectivity index (χ0v) is 6.87. The molecule has 2 fully saturated rings. The molecule has 4 atom stereocenters. The third-order valence-corrected chi connectivity index (χ3v) is 3.67. The van der Waals surface area contributed by atoms with Crippen molar-refractivity contribution in [1.82, 2.24) is 4.90 Å². The lowest BCUT2D eigenvalue weighted by atomic mass is 9.91. The average molecular weight is 149 g/mol. The number of hydrogen-bond donors (Lipinski definition) is 0. The van der Waals surface area contributed by atoms with Gasteiger partial charge in [0.15, 0.2) is 0 Å². The lowest BCUT2D eigenvalue weighted by molar-refractivity contribution is 0.151. The minimum Gasteiger partial charge on any atom is -0.293 e. The van der Waals surface area contributed by atoms with E-state index in [0.29, 0.717) is 0 Å². The molecule has 1 heteroatoms. The third-order valence-electron chi connectivity index (χ3n) is 3.67. The van der Waals surface area contributed by atoms with E-state index in [2.05, 4.69) is 17.1 Å². The molecular formula is C10H15N. The van der Waals surface area contributed by atoms with Crippen molar-refractivity contribution in [3.05, 3.63) is 12.2 Å². The molecule has 11 heavy (non-hydrogen) atoms. The first-order chi connectivity index (χ1) is 5.45. The fourth-order valence-electron chi connectivity index (χ4n) is 3.19. The van der Waals surface area contributed by atoms with Crippen molar-refractivity contribution in [1.29, 1.82) is 0 Å². The van der Waals surface area contributed by atoms with E-state index >= 15 is 0 Å². The molecule has 3 heterocycles. The summed E-state index contributed by atoms with van der Waals surface area (Å²) in [6.45, 7) is 1.37. The van der Waals surface area contributed by atoms with E-state index in [-0.39, 0.29) is 0 Å². The first-order valence-corrected chi connectivity index (χ1v) is 4.87. The van der Waals surface area contributed by atoms with Gasteiger partial charge in [-0.25, -0.2) is 0 Å². The Bertz CT molecular complexity index is 197. The highest BCUT2D eigenvalue weighted by Crippen LogP contribution is 2.41. The maximum absolute atomic E-state index is 2.73. The summed E-state index contributed by atoms with van der Waals surface area (Å²) in [5.41, 5.74) is 0. The fraction of sp³-hybridized carbons (Fsp3) is 0.800. The summed E-state index contributed by atoms with van der Waals surface area (Å²) in [6.07, 6.45) is 10.6. The van der Waals surface area contributed by atoms with Gasteiger partial charge in [0.2, 0.25) is 0 Å². The predicted octanol–water partition coefficient (Wildman–Crippen LogP) is 1.80. The normalized spacial score (nSPS) is 53.1. The Morgan fingerprint density at radius 1 is 1.36 bits per heavy atom. The number of hydrogen-bond acceptors (Lipinski definition) is 1. The zero-order chi connectivity index (χ0) is 7.26. The van der Waals surface area contributed by atoms with Crippen LogP contribution in [0.2, 0.25) is 0 Å². The van der Waals surface area contributed by atoms with E-state index in [0.717, 1.165) is 18.0 Å². The van der Waals surface area contributed by atoms with E-state index in [1.165, 1.54) is 32.2 Å². The van der Waals surface area contributed by atoms with Gasteiger partial charge in [0.1, 0.15) is 0 Å². The van der Waals surface area contributed by atoms with Crippen molar-refractivity contribution < 1.29 is 0 Å². The Hall–Kier alpha value is -0.300. The first-order valence-electron chi connectivity index (χ1n) is 4.87. The summed E-state index contributed by atoms with van der Waals surface area (Å²) in [4.78, 5) is 2.73. The monoisotopic (exact) mass is 149 g/mol. The second kappa shape index (κ2) is 2.10. The van der Waals surface area contributed by atoms with Gasteiger partial charge in [-0.3, -0.25) is 4.90 Å². The van der Waals surface area contributed by atoms with Gasteiger partial charge in [-0.1, -0.05) is 12.2 Å². The summed E-state index contributed by atoms with van der Waals surface area (Å²) >= 11 is 0. The Labute approximate surface area is 68.1 Å². The Morgan fingerprint density at radius 3 is 3.27 bits per heavy atom. The van der Waals surface area contributed by atoms with E-state index in [9.17, 15) is 0 Å². The van der Waals surface area contributed by atoms with Gasteiger partial charge < -0.3 is 0 Å². The summed E-state index contributed by atoms with van der Waals surface area (Å²) in [6, 6.07) is 1.78. The predicted molar refractivity (Wildman–Crippen MR) is 45.4 cm³/mol. The van der Waals surface area contributed by atoms with Gasteiger partial charge in [0.25, 0.3) is 0 Å². The van der Waals surface area contributed by atoms with Crippen molar-refractivity contribution in [2.75, 3.05) is 6.54 Å². The highest BCUT2D eigenvalue weighted by Gasteiger charge is 2.43. The molecule has 4 unspecified atom stereocenters. The average Bonchev–Trinajstić information content (AvgIpc) is 2.31. The molecule has 0 N–H and O–H groups in total. The lowest BCUT2D eigenvalue weighted by Crippen LogP contribution is -2.42. The van der Waals surface area contributed by atoms with Crippen molar-refractivity contribution in [2.24, 2.45) is 5.92 Å². The van der Waals surface area contributed by atoms with Gasteiger partial charge in [0, 0.05) is 12.1 Å². The minimum atomic E-state index is 0.834. The highest BCUT2D eigenvalue weighted by molar-refractivity contribution is 5.12. The summed E-state index contributed by atoms with van der Waals surface area (Å²) in [5.74, 6) is 1.05. The Morgan fingerprint density at radius 2 is 2.36 bits per heavy atom. The van der Waals surface area contributed by atoms with E-state index in [4.69, 9.17) is 0 Å². The van der Waals surface area contributed by atoms with Gasteiger partial charge in [-0.05, 0) is 38.1 Å². The van der Waals surface area contributed by atoms with E-state index in [1.54, 1.807) is 0 Å². The molecule has 0 aromatic rings. The highest BCUT2D eigenvalue weighted by atomic mass is 15.2. The molecule has 2 saturated heterocycles. The van der Waals surface area contributed by atoms with Crippen molar-refractivity contribution in [2.45, 2.75) is 37.8 Å². The maximum atomic E-state index is 2.73. The smallest absolute Gasteiger partial charge is 0.0284 e. The van der Waals surface area contributed by atoms with E-state index in [1.807, 2.05) is 0 Å². The Balaban J connectivity index is 1.97. The van der Waals surface area contributed by atoms with Crippen LogP contribution in [0.4, 0.5) is 0 Å². The molecule has 0 aromatic heterocycles. The number of rotatable bonds is 0. The molecule has 3 aliphatic heterocycles. The molecule has 0 amide bonds. The summed E-state index contributed by atoms with van der Waals surface area (Å²) < 4.78 is 0.